The average Bonchev–Trinajstić information content (AvgIpc) is 3.02. The molecule has 0 radical (unpaired) electrons. The standard InChI is InChI=1S/C13H12F3N3O3S2/c14-13(15,16)7-18-12(20)11-6-23-8-19(11)24(21,22)10-3-1-2-9(4-10)5-17/h1-4,11H,6-8H2,(H,18,20)/t11-/m1/s1. The van der Waals surface area contributed by atoms with Gasteiger partial charge in [-0.1, -0.05) is 6.07 Å². The molecule has 1 aromatic carbocycles. The molecule has 130 valence electrons. The van der Waals surface area contributed by atoms with Crippen LogP contribution in [-0.4, -0.2) is 49.0 Å². The average molecular weight is 379 g/mol. The fourth-order valence-electron chi connectivity index (χ4n) is 2.04. The number of thioether (sulfide) groups is 1. The number of carbonyl (C=O) groups excluding carboxylic acids is 1. The molecule has 0 spiro atoms. The van der Waals surface area contributed by atoms with Crippen molar-refractivity contribution < 1.29 is 26.4 Å². The lowest BCUT2D eigenvalue weighted by atomic mass is 10.2. The third-order valence-electron chi connectivity index (χ3n) is 3.18. The van der Waals surface area contributed by atoms with E-state index in [0.29, 0.717) is 0 Å². The number of rotatable bonds is 4. The number of hydrogen-bond acceptors (Lipinski definition) is 5. The molecular formula is C13H12F3N3O3S2. The Kier molecular flexibility index (Phi) is 5.42. The molecule has 6 nitrogen and oxygen atoms in total. The molecule has 0 aromatic heterocycles. The Hall–Kier alpha value is -1.77. The van der Waals surface area contributed by atoms with Crippen molar-refractivity contribution in [2.75, 3.05) is 18.2 Å². The third kappa shape index (κ3) is 4.19. The van der Waals surface area contributed by atoms with Crippen LogP contribution >= 0.6 is 11.8 Å². The molecule has 0 unspecified atom stereocenters. The van der Waals surface area contributed by atoms with E-state index in [2.05, 4.69) is 0 Å². The molecule has 1 N–H and O–H groups in total. The first-order valence-corrected chi connectivity index (χ1v) is 9.19. The lowest BCUT2D eigenvalue weighted by Gasteiger charge is -2.22. The molecule has 1 aliphatic heterocycles. The Bertz CT molecular complexity index is 775. The van der Waals surface area contributed by atoms with Gasteiger partial charge in [-0.25, -0.2) is 8.42 Å². The third-order valence-corrected chi connectivity index (χ3v) is 6.20. The van der Waals surface area contributed by atoms with Gasteiger partial charge in [0.15, 0.2) is 0 Å². The zero-order valence-corrected chi connectivity index (χ0v) is 13.7. The number of sulfonamides is 1. The number of benzene rings is 1. The van der Waals surface area contributed by atoms with Crippen LogP contribution in [0.2, 0.25) is 0 Å². The minimum Gasteiger partial charge on any atom is -0.346 e. The minimum atomic E-state index is -4.58. The molecule has 11 heteroatoms. The molecular weight excluding hydrogens is 367 g/mol. The van der Waals surface area contributed by atoms with E-state index < -0.39 is 34.7 Å². The first kappa shape index (κ1) is 18.6. The van der Waals surface area contributed by atoms with Crippen LogP contribution < -0.4 is 5.32 Å². The maximum atomic E-state index is 12.6. The molecule has 1 amide bonds. The smallest absolute Gasteiger partial charge is 0.346 e. The van der Waals surface area contributed by atoms with Crippen LogP contribution in [0.1, 0.15) is 5.56 Å². The fraction of sp³-hybridized carbons (Fsp3) is 0.385. The zero-order chi connectivity index (χ0) is 18.0. The van der Waals surface area contributed by atoms with Gasteiger partial charge in [-0.15, -0.1) is 11.8 Å². The van der Waals surface area contributed by atoms with Gasteiger partial charge in [0.25, 0.3) is 0 Å². The number of nitrogens with zero attached hydrogens (tertiary/aromatic N) is 2. The van der Waals surface area contributed by atoms with Crippen LogP contribution in [0.25, 0.3) is 0 Å². The monoisotopic (exact) mass is 379 g/mol. The van der Waals surface area contributed by atoms with E-state index in [0.717, 1.165) is 22.1 Å². The normalized spacial score (nSPS) is 19.0. The maximum Gasteiger partial charge on any atom is 0.405 e. The predicted molar refractivity (Wildman–Crippen MR) is 80.4 cm³/mol. The van der Waals surface area contributed by atoms with Crippen molar-refractivity contribution in [2.24, 2.45) is 0 Å². The van der Waals surface area contributed by atoms with E-state index in [-0.39, 0.29) is 22.1 Å². The summed E-state index contributed by atoms with van der Waals surface area (Å²) >= 11 is 1.12. The van der Waals surface area contributed by atoms with Crippen molar-refractivity contribution in [3.63, 3.8) is 0 Å². The van der Waals surface area contributed by atoms with Crippen molar-refractivity contribution in [1.82, 2.24) is 9.62 Å². The first-order valence-electron chi connectivity index (χ1n) is 6.59. The topological polar surface area (TPSA) is 90.3 Å². The van der Waals surface area contributed by atoms with Gasteiger partial charge in [-0.3, -0.25) is 4.79 Å². The Morgan fingerprint density at radius 2 is 2.17 bits per heavy atom. The van der Waals surface area contributed by atoms with Gasteiger partial charge in [0.05, 0.1) is 22.4 Å². The van der Waals surface area contributed by atoms with E-state index >= 15 is 0 Å². The second kappa shape index (κ2) is 7.00. The van der Waals surface area contributed by atoms with Crippen LogP contribution in [0.5, 0.6) is 0 Å². The lowest BCUT2D eigenvalue weighted by Crippen LogP contribution is -2.49. The summed E-state index contributed by atoms with van der Waals surface area (Å²) in [4.78, 5) is 11.7. The van der Waals surface area contributed by atoms with Gasteiger partial charge in [0.1, 0.15) is 12.6 Å². The van der Waals surface area contributed by atoms with Crippen molar-refractivity contribution in [3.05, 3.63) is 29.8 Å². The molecule has 0 saturated carbocycles. The molecule has 24 heavy (non-hydrogen) atoms. The second-order valence-corrected chi connectivity index (χ2v) is 7.77. The van der Waals surface area contributed by atoms with E-state index in [1.807, 2.05) is 6.07 Å². The number of nitrogens with one attached hydrogen (secondary N) is 1. The number of nitriles is 1. The maximum absolute atomic E-state index is 12.6. The van der Waals surface area contributed by atoms with E-state index in [9.17, 15) is 26.4 Å². The number of halogens is 3. The largest absolute Gasteiger partial charge is 0.405 e. The Morgan fingerprint density at radius 3 is 2.79 bits per heavy atom. The first-order chi connectivity index (χ1) is 11.1. The zero-order valence-electron chi connectivity index (χ0n) is 12.1. The summed E-state index contributed by atoms with van der Waals surface area (Å²) in [5.74, 6) is -0.998. The van der Waals surface area contributed by atoms with Gasteiger partial charge in [-0.05, 0) is 18.2 Å². The molecule has 1 atom stereocenters. The molecule has 1 saturated heterocycles. The number of carbonyl (C=O) groups is 1. The number of hydrogen-bond donors (Lipinski definition) is 1. The predicted octanol–water partition coefficient (Wildman–Crippen LogP) is 1.30. The van der Waals surface area contributed by atoms with Gasteiger partial charge in [0.2, 0.25) is 15.9 Å². The molecule has 1 fully saturated rings. The highest BCUT2D eigenvalue weighted by Gasteiger charge is 2.41. The summed E-state index contributed by atoms with van der Waals surface area (Å²) in [5.41, 5.74) is 0.126. The summed E-state index contributed by atoms with van der Waals surface area (Å²) in [6.07, 6.45) is -4.58. The summed E-state index contributed by atoms with van der Waals surface area (Å²) in [7, 11) is -4.10. The lowest BCUT2D eigenvalue weighted by molar-refractivity contribution is -0.140. The molecule has 0 aliphatic carbocycles. The van der Waals surface area contributed by atoms with Crippen LogP contribution in [-0.2, 0) is 14.8 Å². The Morgan fingerprint density at radius 1 is 1.46 bits per heavy atom. The number of amides is 1. The Balaban J connectivity index is 2.22. The van der Waals surface area contributed by atoms with E-state index in [1.165, 1.54) is 18.2 Å². The highest BCUT2D eigenvalue weighted by atomic mass is 32.2. The van der Waals surface area contributed by atoms with Crippen LogP contribution in [0.4, 0.5) is 13.2 Å². The SMILES string of the molecule is N#Cc1cccc(S(=O)(=O)N2CSC[C@@H]2C(=O)NCC(F)(F)F)c1. The molecule has 1 heterocycles. The van der Waals surface area contributed by atoms with Crippen molar-refractivity contribution in [1.29, 1.82) is 5.26 Å². The summed E-state index contributed by atoms with van der Waals surface area (Å²) in [5, 5.41) is 10.6. The van der Waals surface area contributed by atoms with Crippen molar-refractivity contribution in [3.8, 4) is 6.07 Å². The van der Waals surface area contributed by atoms with Crippen molar-refractivity contribution in [2.45, 2.75) is 17.1 Å². The van der Waals surface area contributed by atoms with E-state index in [4.69, 9.17) is 5.26 Å². The highest BCUT2D eigenvalue weighted by Crippen LogP contribution is 2.29. The minimum absolute atomic E-state index is 0.0524. The molecule has 1 aromatic rings. The van der Waals surface area contributed by atoms with Crippen molar-refractivity contribution >= 4 is 27.7 Å². The molecule has 0 bridgehead atoms. The quantitative estimate of drug-likeness (QED) is 0.852. The van der Waals surface area contributed by atoms with Crippen LogP contribution in [0, 0.1) is 11.3 Å². The summed E-state index contributed by atoms with van der Waals surface area (Å²) in [6, 6.07) is 5.81. The van der Waals surface area contributed by atoms with Gasteiger partial charge >= 0.3 is 6.18 Å². The summed E-state index contributed by atoms with van der Waals surface area (Å²) in [6.45, 7) is -1.52. The van der Waals surface area contributed by atoms with Crippen LogP contribution in [0.3, 0.4) is 0 Å². The molecule has 1 aliphatic rings. The van der Waals surface area contributed by atoms with Gasteiger partial charge in [-0.2, -0.15) is 22.7 Å². The Labute approximate surface area is 140 Å². The second-order valence-electron chi connectivity index (χ2n) is 4.88. The van der Waals surface area contributed by atoms with Gasteiger partial charge < -0.3 is 5.32 Å². The highest BCUT2D eigenvalue weighted by molar-refractivity contribution is 8.00. The summed E-state index contributed by atoms with van der Waals surface area (Å²) < 4.78 is 62.7. The molecule has 2 rings (SSSR count). The fourth-order valence-corrected chi connectivity index (χ4v) is 5.23. The number of alkyl halides is 3. The van der Waals surface area contributed by atoms with E-state index in [1.54, 1.807) is 5.32 Å². The van der Waals surface area contributed by atoms with Crippen LogP contribution in [0.15, 0.2) is 29.2 Å². The van der Waals surface area contributed by atoms with Gasteiger partial charge in [0, 0.05) is 5.75 Å².